The maximum Gasteiger partial charge on any atom is 0.255 e. The summed E-state index contributed by atoms with van der Waals surface area (Å²) in [5.41, 5.74) is 2.33. The van der Waals surface area contributed by atoms with Crippen LogP contribution in [-0.4, -0.2) is 26.7 Å². The standard InChI is InChI=1S/C19H16N4O2/c24-17(22-19-20-10-11-21-19)16(13-6-2-1-3-7-13)23-12-14-8-4-5-9-15(14)18(23)25/h1-11,16H,12H2,(H2,20,21,22,24)/t16-/m1/s1. The van der Waals surface area contributed by atoms with E-state index in [0.717, 1.165) is 11.1 Å². The van der Waals surface area contributed by atoms with Crippen LogP contribution in [-0.2, 0) is 11.3 Å². The van der Waals surface area contributed by atoms with Gasteiger partial charge in [0.1, 0.15) is 6.04 Å². The second-order valence-electron chi connectivity index (χ2n) is 5.83. The Bertz CT molecular complexity index is 906. The van der Waals surface area contributed by atoms with Crippen molar-refractivity contribution in [2.24, 2.45) is 0 Å². The van der Waals surface area contributed by atoms with Gasteiger partial charge in [-0.05, 0) is 17.2 Å². The number of amides is 2. The molecule has 0 spiro atoms. The maximum atomic E-state index is 12.9. The highest BCUT2D eigenvalue weighted by Gasteiger charge is 2.37. The predicted octanol–water partition coefficient (Wildman–Crippen LogP) is 2.75. The van der Waals surface area contributed by atoms with E-state index in [1.807, 2.05) is 48.5 Å². The van der Waals surface area contributed by atoms with E-state index in [-0.39, 0.29) is 11.8 Å². The van der Waals surface area contributed by atoms with E-state index >= 15 is 0 Å². The van der Waals surface area contributed by atoms with Crippen LogP contribution in [0.15, 0.2) is 67.0 Å². The Morgan fingerprint density at radius 1 is 1.12 bits per heavy atom. The van der Waals surface area contributed by atoms with Gasteiger partial charge in [0, 0.05) is 24.5 Å². The molecule has 6 nitrogen and oxygen atoms in total. The molecule has 25 heavy (non-hydrogen) atoms. The van der Waals surface area contributed by atoms with Gasteiger partial charge in [-0.3, -0.25) is 14.9 Å². The molecule has 0 fully saturated rings. The van der Waals surface area contributed by atoms with E-state index in [1.54, 1.807) is 23.4 Å². The first-order valence-electron chi connectivity index (χ1n) is 7.98. The SMILES string of the molecule is O=C(Nc1ncc[nH]1)[C@@H](c1ccccc1)N1Cc2ccccc2C1=O. The van der Waals surface area contributed by atoms with Crippen molar-refractivity contribution in [1.82, 2.24) is 14.9 Å². The van der Waals surface area contributed by atoms with Gasteiger partial charge < -0.3 is 9.88 Å². The summed E-state index contributed by atoms with van der Waals surface area (Å²) in [7, 11) is 0. The van der Waals surface area contributed by atoms with Crippen molar-refractivity contribution < 1.29 is 9.59 Å². The van der Waals surface area contributed by atoms with E-state index in [2.05, 4.69) is 15.3 Å². The summed E-state index contributed by atoms with van der Waals surface area (Å²) >= 11 is 0. The lowest BCUT2D eigenvalue weighted by molar-refractivity contribution is -0.120. The summed E-state index contributed by atoms with van der Waals surface area (Å²) < 4.78 is 0. The monoisotopic (exact) mass is 332 g/mol. The summed E-state index contributed by atoms with van der Waals surface area (Å²) in [6, 6.07) is 16.0. The predicted molar refractivity (Wildman–Crippen MR) is 92.7 cm³/mol. The lowest BCUT2D eigenvalue weighted by Gasteiger charge is -2.27. The average molecular weight is 332 g/mol. The van der Waals surface area contributed by atoms with Crippen LogP contribution in [0.3, 0.4) is 0 Å². The number of benzene rings is 2. The minimum atomic E-state index is -0.730. The molecule has 2 amide bonds. The first-order valence-corrected chi connectivity index (χ1v) is 7.98. The Morgan fingerprint density at radius 3 is 2.60 bits per heavy atom. The number of fused-ring (bicyclic) bond motifs is 1. The summed E-state index contributed by atoms with van der Waals surface area (Å²) in [4.78, 5) is 34.2. The second kappa shape index (κ2) is 6.24. The number of rotatable bonds is 4. The van der Waals surface area contributed by atoms with Crippen molar-refractivity contribution in [3.8, 4) is 0 Å². The zero-order valence-corrected chi connectivity index (χ0v) is 13.3. The van der Waals surface area contributed by atoms with Crippen LogP contribution in [0.1, 0.15) is 27.5 Å². The fourth-order valence-corrected chi connectivity index (χ4v) is 3.11. The van der Waals surface area contributed by atoms with E-state index in [1.165, 1.54) is 0 Å². The fraction of sp³-hybridized carbons (Fsp3) is 0.105. The molecule has 1 aliphatic heterocycles. The zero-order chi connectivity index (χ0) is 17.2. The molecule has 2 heterocycles. The van der Waals surface area contributed by atoms with Gasteiger partial charge in [0.2, 0.25) is 5.95 Å². The normalized spacial score (nSPS) is 14.2. The van der Waals surface area contributed by atoms with E-state index in [0.29, 0.717) is 18.1 Å². The van der Waals surface area contributed by atoms with Gasteiger partial charge in [-0.15, -0.1) is 0 Å². The molecule has 3 aromatic rings. The van der Waals surface area contributed by atoms with Gasteiger partial charge in [0.15, 0.2) is 0 Å². The molecule has 1 aliphatic rings. The number of aromatic amines is 1. The number of carbonyl (C=O) groups excluding carboxylic acids is 2. The number of nitrogens with one attached hydrogen (secondary N) is 2. The number of aromatic nitrogens is 2. The first-order chi connectivity index (χ1) is 12.2. The van der Waals surface area contributed by atoms with Gasteiger partial charge in [-0.2, -0.15) is 0 Å². The summed E-state index contributed by atoms with van der Waals surface area (Å²) in [6.45, 7) is 0.403. The molecule has 2 aromatic carbocycles. The third-order valence-electron chi connectivity index (χ3n) is 4.26. The van der Waals surface area contributed by atoms with Crippen molar-refractivity contribution in [3.05, 3.63) is 83.7 Å². The molecule has 2 N–H and O–H groups in total. The highest BCUT2D eigenvalue weighted by Crippen LogP contribution is 2.32. The van der Waals surface area contributed by atoms with Crippen LogP contribution in [0.25, 0.3) is 0 Å². The minimum absolute atomic E-state index is 0.140. The maximum absolute atomic E-state index is 12.9. The minimum Gasteiger partial charge on any atom is -0.331 e. The van der Waals surface area contributed by atoms with E-state index < -0.39 is 6.04 Å². The number of H-pyrrole nitrogens is 1. The molecular formula is C19H16N4O2. The number of imidazole rings is 1. The topological polar surface area (TPSA) is 78.1 Å². The van der Waals surface area contributed by atoms with Crippen molar-refractivity contribution in [2.45, 2.75) is 12.6 Å². The van der Waals surface area contributed by atoms with Gasteiger partial charge in [0.25, 0.3) is 11.8 Å². The Hall–Kier alpha value is -3.41. The van der Waals surface area contributed by atoms with Crippen LogP contribution in [0.4, 0.5) is 5.95 Å². The molecule has 0 radical (unpaired) electrons. The van der Waals surface area contributed by atoms with Gasteiger partial charge in [-0.1, -0.05) is 48.5 Å². The molecule has 6 heteroatoms. The highest BCUT2D eigenvalue weighted by atomic mass is 16.2. The molecule has 0 saturated carbocycles. The number of hydrogen-bond donors (Lipinski definition) is 2. The smallest absolute Gasteiger partial charge is 0.255 e. The molecular weight excluding hydrogens is 316 g/mol. The van der Waals surface area contributed by atoms with Crippen molar-refractivity contribution in [1.29, 1.82) is 0 Å². The van der Waals surface area contributed by atoms with Crippen LogP contribution in [0, 0.1) is 0 Å². The molecule has 0 aliphatic carbocycles. The lowest BCUT2D eigenvalue weighted by Crippen LogP contribution is -2.37. The van der Waals surface area contributed by atoms with Gasteiger partial charge >= 0.3 is 0 Å². The van der Waals surface area contributed by atoms with Crippen LogP contribution >= 0.6 is 0 Å². The number of anilines is 1. The summed E-state index contributed by atoms with van der Waals surface area (Å²) in [5.74, 6) is -0.0866. The molecule has 0 unspecified atom stereocenters. The van der Waals surface area contributed by atoms with E-state index in [4.69, 9.17) is 0 Å². The third kappa shape index (κ3) is 2.78. The van der Waals surface area contributed by atoms with Crippen molar-refractivity contribution in [2.75, 3.05) is 5.32 Å². The summed E-state index contributed by atoms with van der Waals surface area (Å²) in [6.07, 6.45) is 3.19. The van der Waals surface area contributed by atoms with E-state index in [9.17, 15) is 9.59 Å². The highest BCUT2D eigenvalue weighted by molar-refractivity contribution is 6.03. The average Bonchev–Trinajstić information content (AvgIpc) is 3.25. The van der Waals surface area contributed by atoms with Gasteiger partial charge in [-0.25, -0.2) is 4.98 Å². The molecule has 0 bridgehead atoms. The quantitative estimate of drug-likeness (QED) is 0.771. The lowest BCUT2D eigenvalue weighted by atomic mass is 10.0. The molecule has 1 aromatic heterocycles. The van der Waals surface area contributed by atoms with Crippen molar-refractivity contribution >= 4 is 17.8 Å². The van der Waals surface area contributed by atoms with Crippen molar-refractivity contribution in [3.63, 3.8) is 0 Å². The molecule has 1 atom stereocenters. The summed E-state index contributed by atoms with van der Waals surface area (Å²) in [5, 5.41) is 2.75. The fourth-order valence-electron chi connectivity index (χ4n) is 3.11. The van der Waals surface area contributed by atoms with Crippen LogP contribution in [0.2, 0.25) is 0 Å². The Morgan fingerprint density at radius 2 is 1.88 bits per heavy atom. The Labute approximate surface area is 144 Å². The molecule has 0 saturated heterocycles. The first kappa shape index (κ1) is 15.1. The second-order valence-corrected chi connectivity index (χ2v) is 5.83. The molecule has 124 valence electrons. The van der Waals surface area contributed by atoms with Crippen LogP contribution < -0.4 is 5.32 Å². The Kier molecular flexibility index (Phi) is 3.78. The largest absolute Gasteiger partial charge is 0.331 e. The number of carbonyl (C=O) groups is 2. The number of nitrogens with zero attached hydrogens (tertiary/aromatic N) is 2. The third-order valence-corrected chi connectivity index (χ3v) is 4.26. The van der Waals surface area contributed by atoms with Gasteiger partial charge in [0.05, 0.1) is 0 Å². The zero-order valence-electron chi connectivity index (χ0n) is 13.3. The van der Waals surface area contributed by atoms with Crippen LogP contribution in [0.5, 0.6) is 0 Å². The molecule has 4 rings (SSSR count). The number of hydrogen-bond acceptors (Lipinski definition) is 3. The Balaban J connectivity index is 1.69.